The van der Waals surface area contributed by atoms with Gasteiger partial charge in [0.2, 0.25) is 5.91 Å². The van der Waals surface area contributed by atoms with Crippen LogP contribution in [0.3, 0.4) is 0 Å². The highest BCUT2D eigenvalue weighted by Crippen LogP contribution is 2.30. The largest absolute Gasteiger partial charge is 0.370 e. The first-order valence-electron chi connectivity index (χ1n) is 9.69. The molecular weight excluding hydrogens is 310 g/mol. The zero-order chi connectivity index (χ0) is 17.6. The van der Waals surface area contributed by atoms with E-state index in [-0.39, 0.29) is 11.9 Å². The first kappa shape index (κ1) is 17.8. The third-order valence-corrected chi connectivity index (χ3v) is 5.74. The first-order chi connectivity index (χ1) is 12.2. The van der Waals surface area contributed by atoms with Gasteiger partial charge in [-0.3, -0.25) is 4.79 Å². The Hall–Kier alpha value is -2.02. The number of hydrogen-bond donors (Lipinski definition) is 1. The van der Waals surface area contributed by atoms with Crippen LogP contribution in [0.2, 0.25) is 0 Å². The maximum absolute atomic E-state index is 12.4. The number of carbonyl (C=O) groups excluding carboxylic acids is 1. The van der Waals surface area contributed by atoms with Gasteiger partial charge in [0, 0.05) is 25.6 Å². The summed E-state index contributed by atoms with van der Waals surface area (Å²) in [6, 6.07) is 10.3. The average Bonchev–Trinajstić information content (AvgIpc) is 2.62. The maximum atomic E-state index is 12.4. The highest BCUT2D eigenvalue weighted by molar-refractivity contribution is 5.76. The van der Waals surface area contributed by atoms with Crippen molar-refractivity contribution in [1.82, 2.24) is 5.32 Å². The molecular formula is C21H29N3O. The van der Waals surface area contributed by atoms with Gasteiger partial charge >= 0.3 is 0 Å². The third-order valence-electron chi connectivity index (χ3n) is 5.74. The second-order valence-electron chi connectivity index (χ2n) is 7.80. The molecule has 2 fully saturated rings. The molecule has 1 saturated carbocycles. The fraction of sp³-hybridized carbons (Fsp3) is 0.619. The van der Waals surface area contributed by atoms with Crippen LogP contribution in [0.15, 0.2) is 24.3 Å². The van der Waals surface area contributed by atoms with E-state index in [1.807, 2.05) is 24.3 Å². The molecule has 0 bridgehead atoms. The number of anilines is 1. The molecule has 134 valence electrons. The standard InChI is InChI=1S/C21H29N3O/c1-16-5-4-6-17(13-16)14-21(25)23-19-9-11-24(12-10-19)20-8-3-2-7-18(20)15-22/h2-3,7-8,16-17,19H,4-6,9-14H2,1H3,(H,23,25). The number of rotatable bonds is 4. The molecule has 25 heavy (non-hydrogen) atoms. The molecule has 0 radical (unpaired) electrons. The monoisotopic (exact) mass is 339 g/mol. The van der Waals surface area contributed by atoms with Gasteiger partial charge in [-0.2, -0.15) is 5.26 Å². The van der Waals surface area contributed by atoms with Gasteiger partial charge in [-0.05, 0) is 49.7 Å². The Morgan fingerprint density at radius 3 is 2.72 bits per heavy atom. The van der Waals surface area contributed by atoms with E-state index < -0.39 is 0 Å². The van der Waals surface area contributed by atoms with Crippen molar-refractivity contribution >= 4 is 11.6 Å². The molecule has 1 aliphatic heterocycles. The van der Waals surface area contributed by atoms with E-state index in [2.05, 4.69) is 23.2 Å². The zero-order valence-corrected chi connectivity index (χ0v) is 15.2. The lowest BCUT2D eigenvalue weighted by molar-refractivity contribution is -0.123. The number of piperidine rings is 1. The van der Waals surface area contributed by atoms with Crippen LogP contribution < -0.4 is 10.2 Å². The fourth-order valence-electron chi connectivity index (χ4n) is 4.40. The van der Waals surface area contributed by atoms with Gasteiger partial charge in [0.15, 0.2) is 0 Å². The molecule has 2 atom stereocenters. The highest BCUT2D eigenvalue weighted by Gasteiger charge is 2.25. The number of nitrogens with zero attached hydrogens (tertiary/aromatic N) is 2. The number of para-hydroxylation sites is 1. The second-order valence-corrected chi connectivity index (χ2v) is 7.80. The van der Waals surface area contributed by atoms with Gasteiger partial charge in [0.05, 0.1) is 11.3 Å². The smallest absolute Gasteiger partial charge is 0.220 e. The lowest BCUT2D eigenvalue weighted by atomic mass is 9.80. The van der Waals surface area contributed by atoms with Crippen molar-refractivity contribution in [3.05, 3.63) is 29.8 Å². The summed E-state index contributed by atoms with van der Waals surface area (Å²) in [4.78, 5) is 14.6. The quantitative estimate of drug-likeness (QED) is 0.906. The fourth-order valence-corrected chi connectivity index (χ4v) is 4.40. The molecule has 3 rings (SSSR count). The van der Waals surface area contributed by atoms with Crippen molar-refractivity contribution < 1.29 is 4.79 Å². The molecule has 0 aromatic heterocycles. The molecule has 1 aliphatic carbocycles. The van der Waals surface area contributed by atoms with Crippen molar-refractivity contribution in [2.45, 2.75) is 57.9 Å². The van der Waals surface area contributed by atoms with Gasteiger partial charge in [0.25, 0.3) is 0 Å². The summed E-state index contributed by atoms with van der Waals surface area (Å²) in [5, 5.41) is 12.5. The van der Waals surface area contributed by atoms with E-state index in [4.69, 9.17) is 0 Å². The maximum Gasteiger partial charge on any atom is 0.220 e. The van der Waals surface area contributed by atoms with Crippen molar-refractivity contribution in [1.29, 1.82) is 5.26 Å². The van der Waals surface area contributed by atoms with Crippen LogP contribution in [-0.4, -0.2) is 25.0 Å². The number of benzene rings is 1. The number of amides is 1. The molecule has 1 aromatic rings. The van der Waals surface area contributed by atoms with Crippen LogP contribution in [0.25, 0.3) is 0 Å². The Morgan fingerprint density at radius 2 is 2.00 bits per heavy atom. The SMILES string of the molecule is CC1CCCC(CC(=O)NC2CCN(c3ccccc3C#N)CC2)C1. The number of hydrogen-bond acceptors (Lipinski definition) is 3. The number of nitrogens with one attached hydrogen (secondary N) is 1. The minimum Gasteiger partial charge on any atom is -0.370 e. The Bertz CT molecular complexity index is 628. The van der Waals surface area contributed by atoms with Crippen molar-refractivity contribution in [3.63, 3.8) is 0 Å². The molecule has 2 unspecified atom stereocenters. The van der Waals surface area contributed by atoms with Crippen LogP contribution in [0.5, 0.6) is 0 Å². The predicted molar refractivity (Wildman–Crippen MR) is 100 cm³/mol. The van der Waals surface area contributed by atoms with E-state index in [0.29, 0.717) is 12.3 Å². The van der Waals surface area contributed by atoms with E-state index in [1.165, 1.54) is 25.7 Å². The third kappa shape index (κ3) is 4.75. The molecule has 4 nitrogen and oxygen atoms in total. The Kier molecular flexibility index (Phi) is 5.96. The molecule has 2 aliphatic rings. The minimum absolute atomic E-state index is 0.231. The van der Waals surface area contributed by atoms with E-state index >= 15 is 0 Å². The van der Waals surface area contributed by atoms with Gasteiger partial charge in [-0.25, -0.2) is 0 Å². The summed E-state index contributed by atoms with van der Waals surface area (Å²) in [5.74, 6) is 1.58. The molecule has 0 spiro atoms. The summed E-state index contributed by atoms with van der Waals surface area (Å²) in [6.45, 7) is 4.09. The summed E-state index contributed by atoms with van der Waals surface area (Å²) in [5.41, 5.74) is 1.75. The van der Waals surface area contributed by atoms with Crippen LogP contribution in [0.4, 0.5) is 5.69 Å². The van der Waals surface area contributed by atoms with Crippen LogP contribution >= 0.6 is 0 Å². The Labute approximate surface area is 151 Å². The predicted octanol–water partition coefficient (Wildman–Crippen LogP) is 3.86. The summed E-state index contributed by atoms with van der Waals surface area (Å²) >= 11 is 0. The van der Waals surface area contributed by atoms with Crippen LogP contribution in [-0.2, 0) is 4.79 Å². The van der Waals surface area contributed by atoms with Crippen molar-refractivity contribution in [3.8, 4) is 6.07 Å². The molecule has 1 aromatic carbocycles. The zero-order valence-electron chi connectivity index (χ0n) is 15.2. The highest BCUT2D eigenvalue weighted by atomic mass is 16.1. The first-order valence-corrected chi connectivity index (χ1v) is 9.69. The van der Waals surface area contributed by atoms with Crippen LogP contribution in [0.1, 0.15) is 57.4 Å². The molecule has 4 heteroatoms. The van der Waals surface area contributed by atoms with Gasteiger partial charge in [-0.15, -0.1) is 0 Å². The molecule has 1 saturated heterocycles. The second kappa shape index (κ2) is 8.38. The van der Waals surface area contributed by atoms with Crippen molar-refractivity contribution in [2.24, 2.45) is 11.8 Å². The number of nitriles is 1. The van der Waals surface area contributed by atoms with Gasteiger partial charge < -0.3 is 10.2 Å². The van der Waals surface area contributed by atoms with E-state index in [1.54, 1.807) is 0 Å². The Morgan fingerprint density at radius 1 is 1.24 bits per heavy atom. The molecule has 1 amide bonds. The average molecular weight is 339 g/mol. The number of carbonyl (C=O) groups is 1. The molecule has 1 heterocycles. The minimum atomic E-state index is 0.231. The Balaban J connectivity index is 1.46. The van der Waals surface area contributed by atoms with E-state index in [0.717, 1.165) is 43.1 Å². The van der Waals surface area contributed by atoms with Crippen molar-refractivity contribution in [2.75, 3.05) is 18.0 Å². The molecule has 1 N–H and O–H groups in total. The topological polar surface area (TPSA) is 56.1 Å². The van der Waals surface area contributed by atoms with Gasteiger partial charge in [-0.1, -0.05) is 31.9 Å². The van der Waals surface area contributed by atoms with E-state index in [9.17, 15) is 10.1 Å². The normalized spacial score (nSPS) is 24.6. The van der Waals surface area contributed by atoms with Gasteiger partial charge in [0.1, 0.15) is 6.07 Å². The summed E-state index contributed by atoms with van der Waals surface area (Å²) < 4.78 is 0. The summed E-state index contributed by atoms with van der Waals surface area (Å²) in [7, 11) is 0. The lowest BCUT2D eigenvalue weighted by Crippen LogP contribution is -2.45. The lowest BCUT2D eigenvalue weighted by Gasteiger charge is -2.34. The van der Waals surface area contributed by atoms with Crippen LogP contribution in [0, 0.1) is 23.2 Å². The summed E-state index contributed by atoms with van der Waals surface area (Å²) in [6.07, 6.45) is 7.61.